The molecule has 0 bridgehead atoms. The summed E-state index contributed by atoms with van der Waals surface area (Å²) in [6.45, 7) is 0.556. The number of hydrogen-bond donors (Lipinski definition) is 1. The van der Waals surface area contributed by atoms with Crippen molar-refractivity contribution in [2.45, 2.75) is 22.9 Å². The van der Waals surface area contributed by atoms with Crippen LogP contribution in [0.2, 0.25) is 10.0 Å². The number of rotatable bonds is 9. The van der Waals surface area contributed by atoms with E-state index in [4.69, 9.17) is 27.9 Å². The fourth-order valence-electron chi connectivity index (χ4n) is 2.69. The number of carbonyl (C=O) groups excluding carboxylic acids is 1. The van der Waals surface area contributed by atoms with E-state index in [1.54, 1.807) is 24.9 Å². The first-order valence-corrected chi connectivity index (χ1v) is 11.6. The summed E-state index contributed by atoms with van der Waals surface area (Å²) in [5, 5.41) is 6.14. The fraction of sp³-hybridized carbons (Fsp3) is 0.238. The number of amides is 1. The first kappa shape index (κ1) is 22.0. The molecule has 1 heterocycles. The van der Waals surface area contributed by atoms with Crippen LogP contribution in [-0.2, 0) is 23.4 Å². The van der Waals surface area contributed by atoms with Crippen molar-refractivity contribution in [1.29, 1.82) is 0 Å². The lowest BCUT2D eigenvalue weighted by Gasteiger charge is -2.08. The molecule has 1 N–H and O–H groups in total. The quantitative estimate of drug-likeness (QED) is 0.413. The summed E-state index contributed by atoms with van der Waals surface area (Å²) in [6, 6.07) is 13.3. The van der Waals surface area contributed by atoms with Gasteiger partial charge < -0.3 is 10.1 Å². The van der Waals surface area contributed by atoms with Crippen molar-refractivity contribution in [3.05, 3.63) is 74.7 Å². The molecule has 0 aliphatic rings. The number of aromatic nitrogens is 1. The fourth-order valence-corrected chi connectivity index (χ4v) is 5.09. The summed E-state index contributed by atoms with van der Waals surface area (Å²) in [6.07, 6.45) is 0.987. The van der Waals surface area contributed by atoms with Crippen LogP contribution in [0, 0.1) is 0 Å². The Labute approximate surface area is 188 Å². The summed E-state index contributed by atoms with van der Waals surface area (Å²) in [7, 11) is 1.65. The highest BCUT2D eigenvalue weighted by Gasteiger charge is 2.10. The van der Waals surface area contributed by atoms with E-state index in [2.05, 4.69) is 10.3 Å². The Morgan fingerprint density at radius 1 is 1.21 bits per heavy atom. The standard InChI is InChI=1S/C21H20Cl2N2O2S2/c1-27-19-5-3-2-4-14(19)8-9-24-20(26)11-17-13-29-21(25-17)28-12-15-6-7-16(22)10-18(15)23/h2-7,10,13H,8-9,11-12H2,1H3,(H,24,26). The second-order valence-electron chi connectivity index (χ2n) is 6.22. The van der Waals surface area contributed by atoms with E-state index in [9.17, 15) is 4.79 Å². The predicted octanol–water partition coefficient (Wildman–Crippen LogP) is 5.65. The molecule has 4 nitrogen and oxygen atoms in total. The maximum absolute atomic E-state index is 12.2. The highest BCUT2D eigenvalue weighted by atomic mass is 35.5. The summed E-state index contributed by atoms with van der Waals surface area (Å²) in [4.78, 5) is 16.7. The number of carbonyl (C=O) groups is 1. The number of nitrogens with one attached hydrogen (secondary N) is 1. The lowest BCUT2D eigenvalue weighted by Crippen LogP contribution is -2.27. The van der Waals surface area contributed by atoms with Crippen molar-refractivity contribution in [1.82, 2.24) is 10.3 Å². The van der Waals surface area contributed by atoms with Gasteiger partial charge in [-0.15, -0.1) is 11.3 Å². The molecule has 1 amide bonds. The third-order valence-electron chi connectivity index (χ3n) is 4.15. The van der Waals surface area contributed by atoms with Gasteiger partial charge in [-0.05, 0) is 35.7 Å². The normalized spacial score (nSPS) is 10.7. The number of thioether (sulfide) groups is 1. The molecule has 0 fully saturated rings. The van der Waals surface area contributed by atoms with Crippen molar-refractivity contribution in [2.24, 2.45) is 0 Å². The van der Waals surface area contributed by atoms with E-state index in [0.717, 1.165) is 33.3 Å². The molecule has 8 heteroatoms. The number of halogens is 2. The zero-order valence-corrected chi connectivity index (χ0v) is 18.9. The number of thiazole rings is 1. The van der Waals surface area contributed by atoms with Gasteiger partial charge in [0.15, 0.2) is 0 Å². The van der Waals surface area contributed by atoms with Gasteiger partial charge in [0, 0.05) is 27.7 Å². The third kappa shape index (κ3) is 6.64. The highest BCUT2D eigenvalue weighted by Crippen LogP contribution is 2.30. The molecular weight excluding hydrogens is 447 g/mol. The number of ether oxygens (including phenoxy) is 1. The van der Waals surface area contributed by atoms with E-state index in [1.165, 1.54) is 11.3 Å². The van der Waals surface area contributed by atoms with Gasteiger partial charge in [-0.1, -0.05) is 59.2 Å². The van der Waals surface area contributed by atoms with Gasteiger partial charge in [-0.2, -0.15) is 0 Å². The summed E-state index contributed by atoms with van der Waals surface area (Å²) in [5.74, 6) is 1.50. The van der Waals surface area contributed by atoms with Crippen LogP contribution in [0.3, 0.4) is 0 Å². The summed E-state index contributed by atoms with van der Waals surface area (Å²) >= 11 is 15.3. The molecule has 29 heavy (non-hydrogen) atoms. The second-order valence-corrected chi connectivity index (χ2v) is 9.14. The highest BCUT2D eigenvalue weighted by molar-refractivity contribution is 8.00. The lowest BCUT2D eigenvalue weighted by molar-refractivity contribution is -0.120. The van der Waals surface area contributed by atoms with Gasteiger partial charge in [-0.25, -0.2) is 4.98 Å². The topological polar surface area (TPSA) is 51.2 Å². The van der Waals surface area contributed by atoms with Crippen LogP contribution < -0.4 is 10.1 Å². The van der Waals surface area contributed by atoms with E-state index >= 15 is 0 Å². The number of hydrogen-bond acceptors (Lipinski definition) is 5. The van der Waals surface area contributed by atoms with E-state index in [-0.39, 0.29) is 12.3 Å². The SMILES string of the molecule is COc1ccccc1CCNC(=O)Cc1csc(SCc2ccc(Cl)cc2Cl)n1. The Hall–Kier alpha value is -1.73. The average Bonchev–Trinajstić information content (AvgIpc) is 3.15. The Bertz CT molecular complexity index is 979. The minimum Gasteiger partial charge on any atom is -0.496 e. The molecule has 0 aliphatic carbocycles. The minimum absolute atomic E-state index is 0.0394. The molecule has 1 aromatic heterocycles. The van der Waals surface area contributed by atoms with Gasteiger partial charge >= 0.3 is 0 Å². The third-order valence-corrected chi connectivity index (χ3v) is 6.85. The van der Waals surface area contributed by atoms with Crippen LogP contribution >= 0.6 is 46.3 Å². The maximum atomic E-state index is 12.2. The van der Waals surface area contributed by atoms with Crippen molar-refractivity contribution in [3.8, 4) is 5.75 Å². The predicted molar refractivity (Wildman–Crippen MR) is 122 cm³/mol. The zero-order valence-electron chi connectivity index (χ0n) is 15.8. The first-order valence-electron chi connectivity index (χ1n) is 8.95. The molecule has 0 saturated carbocycles. The van der Waals surface area contributed by atoms with Crippen LogP contribution in [0.15, 0.2) is 52.2 Å². The van der Waals surface area contributed by atoms with Gasteiger partial charge in [-0.3, -0.25) is 4.79 Å². The molecule has 0 unspecified atom stereocenters. The number of benzene rings is 2. The van der Waals surface area contributed by atoms with Crippen molar-refractivity contribution in [3.63, 3.8) is 0 Å². The Morgan fingerprint density at radius 2 is 2.03 bits per heavy atom. The van der Waals surface area contributed by atoms with E-state index in [0.29, 0.717) is 22.3 Å². The van der Waals surface area contributed by atoms with Crippen molar-refractivity contribution >= 4 is 52.2 Å². The largest absolute Gasteiger partial charge is 0.496 e. The van der Waals surface area contributed by atoms with Crippen LogP contribution in [0.4, 0.5) is 0 Å². The molecule has 0 atom stereocenters. The van der Waals surface area contributed by atoms with Crippen molar-refractivity contribution < 1.29 is 9.53 Å². The van der Waals surface area contributed by atoms with E-state index < -0.39 is 0 Å². The number of nitrogens with zero attached hydrogens (tertiary/aromatic N) is 1. The van der Waals surface area contributed by atoms with Gasteiger partial charge in [0.05, 0.1) is 19.2 Å². The molecule has 3 rings (SSSR count). The second kappa shape index (κ2) is 10.9. The van der Waals surface area contributed by atoms with Crippen LogP contribution in [0.25, 0.3) is 0 Å². The zero-order chi connectivity index (χ0) is 20.6. The average molecular weight is 467 g/mol. The number of methoxy groups -OCH3 is 1. The smallest absolute Gasteiger partial charge is 0.226 e. The monoisotopic (exact) mass is 466 g/mol. The summed E-state index contributed by atoms with van der Waals surface area (Å²) in [5.41, 5.74) is 2.85. The van der Waals surface area contributed by atoms with Gasteiger partial charge in [0.2, 0.25) is 5.91 Å². The van der Waals surface area contributed by atoms with Gasteiger partial charge in [0.25, 0.3) is 0 Å². The van der Waals surface area contributed by atoms with Crippen LogP contribution in [0.1, 0.15) is 16.8 Å². The number of para-hydroxylation sites is 1. The molecule has 0 saturated heterocycles. The van der Waals surface area contributed by atoms with Crippen LogP contribution in [-0.4, -0.2) is 24.5 Å². The molecule has 0 radical (unpaired) electrons. The Balaban J connectivity index is 1.45. The Kier molecular flexibility index (Phi) is 8.24. The molecule has 2 aromatic carbocycles. The van der Waals surface area contributed by atoms with Crippen molar-refractivity contribution in [2.75, 3.05) is 13.7 Å². The molecular formula is C21H20Cl2N2O2S2. The lowest BCUT2D eigenvalue weighted by atomic mass is 10.1. The Morgan fingerprint density at radius 3 is 2.83 bits per heavy atom. The minimum atomic E-state index is -0.0394. The van der Waals surface area contributed by atoms with Gasteiger partial charge in [0.1, 0.15) is 10.1 Å². The molecule has 0 spiro atoms. The van der Waals surface area contributed by atoms with Crippen LogP contribution in [0.5, 0.6) is 5.75 Å². The summed E-state index contributed by atoms with van der Waals surface area (Å²) < 4.78 is 6.24. The molecule has 0 aliphatic heterocycles. The first-order chi connectivity index (χ1) is 14.0. The van der Waals surface area contributed by atoms with E-state index in [1.807, 2.05) is 41.8 Å². The molecule has 3 aromatic rings. The maximum Gasteiger partial charge on any atom is 0.226 e. The molecule has 152 valence electrons.